The van der Waals surface area contributed by atoms with Crippen molar-refractivity contribution in [3.05, 3.63) is 28.8 Å². The Morgan fingerprint density at radius 2 is 1.85 bits per heavy atom. The van der Waals surface area contributed by atoms with Crippen LogP contribution in [0, 0.1) is 18.3 Å². The number of halogens is 1. The van der Waals surface area contributed by atoms with Crippen LogP contribution >= 0.6 is 11.6 Å². The molecule has 20 heavy (non-hydrogen) atoms. The molecule has 2 atom stereocenters. The molecule has 1 N–H and O–H groups in total. The maximum Gasteiger partial charge on any atom is 0.0640 e. The molecule has 1 fully saturated rings. The van der Waals surface area contributed by atoms with Crippen LogP contribution in [0.4, 0.5) is 5.69 Å². The minimum Gasteiger partial charge on any atom is -0.381 e. The van der Waals surface area contributed by atoms with Gasteiger partial charge in [-0.05, 0) is 55.6 Å². The number of anilines is 1. The third kappa shape index (κ3) is 3.91. The molecule has 1 aliphatic rings. The van der Waals surface area contributed by atoms with E-state index in [0.29, 0.717) is 11.5 Å². The first kappa shape index (κ1) is 15.7. The van der Waals surface area contributed by atoms with Gasteiger partial charge >= 0.3 is 0 Å². The normalized spacial score (nSPS) is 24.2. The Morgan fingerprint density at radius 3 is 2.50 bits per heavy atom. The summed E-state index contributed by atoms with van der Waals surface area (Å²) in [6, 6.07) is 6.70. The fraction of sp³-hybridized carbons (Fsp3) is 0.667. The van der Waals surface area contributed by atoms with E-state index < -0.39 is 0 Å². The monoisotopic (exact) mass is 293 g/mol. The molecule has 2 heteroatoms. The molecule has 0 spiro atoms. The van der Waals surface area contributed by atoms with Gasteiger partial charge in [0.05, 0.1) is 10.7 Å². The van der Waals surface area contributed by atoms with Gasteiger partial charge in [0, 0.05) is 6.04 Å². The first-order valence-electron chi connectivity index (χ1n) is 7.89. The fourth-order valence-electron chi connectivity index (χ4n) is 3.33. The lowest BCUT2D eigenvalue weighted by Crippen LogP contribution is -2.22. The molecule has 1 aromatic carbocycles. The van der Waals surface area contributed by atoms with Crippen molar-refractivity contribution in [3.8, 4) is 0 Å². The van der Waals surface area contributed by atoms with E-state index in [1.54, 1.807) is 0 Å². The van der Waals surface area contributed by atoms with Crippen molar-refractivity contribution in [2.45, 2.75) is 65.8 Å². The van der Waals surface area contributed by atoms with Crippen molar-refractivity contribution in [1.29, 1.82) is 0 Å². The summed E-state index contributed by atoms with van der Waals surface area (Å²) in [5.74, 6) is 0.849. The lowest BCUT2D eigenvalue weighted by molar-refractivity contribution is 0.214. The summed E-state index contributed by atoms with van der Waals surface area (Å²) in [6.45, 7) is 9.26. The summed E-state index contributed by atoms with van der Waals surface area (Å²) in [5.41, 5.74) is 2.82. The average molecular weight is 294 g/mol. The molecule has 0 bridgehead atoms. The van der Waals surface area contributed by atoms with E-state index in [9.17, 15) is 0 Å². The van der Waals surface area contributed by atoms with E-state index in [2.05, 4.69) is 39.1 Å². The maximum atomic E-state index is 6.33. The maximum absolute atomic E-state index is 6.33. The van der Waals surface area contributed by atoms with Crippen LogP contribution in [0.1, 0.15) is 58.4 Å². The predicted molar refractivity (Wildman–Crippen MR) is 89.6 cm³/mol. The Hall–Kier alpha value is -0.690. The summed E-state index contributed by atoms with van der Waals surface area (Å²) in [4.78, 5) is 0. The van der Waals surface area contributed by atoms with Crippen molar-refractivity contribution in [2.24, 2.45) is 11.3 Å². The largest absolute Gasteiger partial charge is 0.381 e. The lowest BCUT2D eigenvalue weighted by atomic mass is 9.76. The molecule has 0 radical (unpaired) electrons. The van der Waals surface area contributed by atoms with Crippen molar-refractivity contribution < 1.29 is 0 Å². The summed E-state index contributed by atoms with van der Waals surface area (Å²) < 4.78 is 0. The molecule has 2 rings (SSSR count). The Balaban J connectivity index is 2.01. The van der Waals surface area contributed by atoms with Gasteiger partial charge < -0.3 is 5.32 Å². The highest BCUT2D eigenvalue weighted by molar-refractivity contribution is 6.33. The van der Waals surface area contributed by atoms with E-state index in [1.165, 1.54) is 37.7 Å². The van der Waals surface area contributed by atoms with Crippen molar-refractivity contribution in [3.63, 3.8) is 0 Å². The summed E-state index contributed by atoms with van der Waals surface area (Å²) in [5, 5.41) is 4.55. The van der Waals surface area contributed by atoms with Crippen LogP contribution in [0.25, 0.3) is 0 Å². The molecule has 0 heterocycles. The third-order valence-corrected chi connectivity index (χ3v) is 5.08. The van der Waals surface area contributed by atoms with Crippen LogP contribution in [0.5, 0.6) is 0 Å². The Bertz CT molecular complexity index is 427. The SMILES string of the molecule is Cc1cccc(Cl)c1NC1CCCC(C(C)(C)C)CC1. The number of para-hydroxylation sites is 1. The summed E-state index contributed by atoms with van der Waals surface area (Å²) in [6.07, 6.45) is 6.53. The Kier molecular flexibility index (Phi) is 5.01. The molecule has 0 aromatic heterocycles. The van der Waals surface area contributed by atoms with E-state index in [-0.39, 0.29) is 0 Å². The quantitative estimate of drug-likeness (QED) is 0.654. The zero-order chi connectivity index (χ0) is 14.8. The number of nitrogens with one attached hydrogen (secondary N) is 1. The first-order chi connectivity index (χ1) is 9.38. The summed E-state index contributed by atoms with van der Waals surface area (Å²) >= 11 is 6.33. The molecule has 1 aromatic rings. The van der Waals surface area contributed by atoms with Crippen LogP contribution in [-0.2, 0) is 0 Å². The van der Waals surface area contributed by atoms with Gasteiger partial charge in [0.1, 0.15) is 0 Å². The molecule has 1 saturated carbocycles. The molecule has 0 saturated heterocycles. The van der Waals surface area contributed by atoms with Gasteiger partial charge in [0.2, 0.25) is 0 Å². The van der Waals surface area contributed by atoms with E-state index in [1.807, 2.05) is 12.1 Å². The minimum absolute atomic E-state index is 0.440. The molecular weight excluding hydrogens is 266 g/mol. The Morgan fingerprint density at radius 1 is 1.10 bits per heavy atom. The standard InChI is InChI=1S/C18H28ClN/c1-13-7-5-10-16(19)17(13)20-15-9-6-8-14(11-12-15)18(2,3)4/h5,7,10,14-15,20H,6,8-9,11-12H2,1-4H3. The van der Waals surface area contributed by atoms with Gasteiger partial charge in [0.25, 0.3) is 0 Å². The van der Waals surface area contributed by atoms with Crippen molar-refractivity contribution in [1.82, 2.24) is 0 Å². The average Bonchev–Trinajstić information content (AvgIpc) is 2.59. The number of benzene rings is 1. The molecule has 112 valence electrons. The van der Waals surface area contributed by atoms with E-state index >= 15 is 0 Å². The minimum atomic E-state index is 0.440. The Labute approximate surface area is 129 Å². The van der Waals surface area contributed by atoms with Crippen LogP contribution in [0.2, 0.25) is 5.02 Å². The van der Waals surface area contributed by atoms with Crippen LogP contribution in [0.15, 0.2) is 18.2 Å². The fourth-order valence-corrected chi connectivity index (χ4v) is 3.61. The highest BCUT2D eigenvalue weighted by atomic mass is 35.5. The van der Waals surface area contributed by atoms with Gasteiger partial charge in [-0.25, -0.2) is 0 Å². The molecular formula is C18H28ClN. The first-order valence-corrected chi connectivity index (χ1v) is 8.27. The molecule has 0 aliphatic heterocycles. The zero-order valence-electron chi connectivity index (χ0n) is 13.3. The van der Waals surface area contributed by atoms with Crippen LogP contribution in [0.3, 0.4) is 0 Å². The second-order valence-electron chi connectivity index (χ2n) is 7.34. The second kappa shape index (κ2) is 6.39. The van der Waals surface area contributed by atoms with Gasteiger partial charge in [0.15, 0.2) is 0 Å². The number of aryl methyl sites for hydroxylation is 1. The zero-order valence-corrected chi connectivity index (χ0v) is 14.1. The topological polar surface area (TPSA) is 12.0 Å². The van der Waals surface area contributed by atoms with Gasteiger partial charge in [-0.2, -0.15) is 0 Å². The van der Waals surface area contributed by atoms with E-state index in [4.69, 9.17) is 11.6 Å². The van der Waals surface area contributed by atoms with E-state index in [0.717, 1.165) is 16.6 Å². The second-order valence-corrected chi connectivity index (χ2v) is 7.75. The smallest absolute Gasteiger partial charge is 0.0640 e. The molecule has 2 unspecified atom stereocenters. The number of hydrogen-bond donors (Lipinski definition) is 1. The lowest BCUT2D eigenvalue weighted by Gasteiger charge is -2.29. The molecule has 0 amide bonds. The van der Waals surface area contributed by atoms with Crippen LogP contribution < -0.4 is 5.32 Å². The summed E-state index contributed by atoms with van der Waals surface area (Å²) in [7, 11) is 0. The number of rotatable bonds is 2. The van der Waals surface area contributed by atoms with Crippen molar-refractivity contribution in [2.75, 3.05) is 5.32 Å². The third-order valence-electron chi connectivity index (χ3n) is 4.76. The van der Waals surface area contributed by atoms with Gasteiger partial charge in [-0.1, -0.05) is 50.9 Å². The van der Waals surface area contributed by atoms with Crippen molar-refractivity contribution >= 4 is 17.3 Å². The van der Waals surface area contributed by atoms with Crippen LogP contribution in [-0.4, -0.2) is 6.04 Å². The molecule has 1 aliphatic carbocycles. The predicted octanol–water partition coefficient (Wildman–Crippen LogP) is 6.06. The highest BCUT2D eigenvalue weighted by Crippen LogP contribution is 2.38. The molecule has 1 nitrogen and oxygen atoms in total. The highest BCUT2D eigenvalue weighted by Gasteiger charge is 2.27. The van der Waals surface area contributed by atoms with Gasteiger partial charge in [-0.15, -0.1) is 0 Å². The number of hydrogen-bond acceptors (Lipinski definition) is 1. The van der Waals surface area contributed by atoms with Gasteiger partial charge in [-0.3, -0.25) is 0 Å².